The largest absolute Gasteiger partial charge is 0.342 e. The number of hydrogen-bond donors (Lipinski definition) is 2. The molecule has 0 bridgehead atoms. The van der Waals surface area contributed by atoms with Gasteiger partial charge in [-0.2, -0.15) is 0 Å². The fourth-order valence-corrected chi connectivity index (χ4v) is 3.75. The number of nitrogens with one attached hydrogen (secondary N) is 2. The second-order valence-corrected chi connectivity index (χ2v) is 7.69. The summed E-state index contributed by atoms with van der Waals surface area (Å²) in [7, 11) is 1.60. The van der Waals surface area contributed by atoms with Gasteiger partial charge in [-0.15, -0.1) is 22.7 Å². The number of aryl methyl sites for hydroxylation is 1. The van der Waals surface area contributed by atoms with Crippen molar-refractivity contribution in [3.63, 3.8) is 0 Å². The van der Waals surface area contributed by atoms with Crippen LogP contribution in [0.3, 0.4) is 0 Å². The van der Waals surface area contributed by atoms with Gasteiger partial charge in [0.15, 0.2) is 0 Å². The Bertz CT molecular complexity index is 989. The van der Waals surface area contributed by atoms with Crippen molar-refractivity contribution < 1.29 is 9.59 Å². The number of aromatic nitrogens is 2. The second kappa shape index (κ2) is 7.16. The van der Waals surface area contributed by atoms with Crippen LogP contribution in [0.25, 0.3) is 10.2 Å². The van der Waals surface area contributed by atoms with Crippen LogP contribution < -0.4 is 10.9 Å². The summed E-state index contributed by atoms with van der Waals surface area (Å²) in [5.41, 5.74) is 0.406. The first-order valence-electron chi connectivity index (χ1n) is 7.49. The highest BCUT2D eigenvalue weighted by molar-refractivity contribution is 7.17. The van der Waals surface area contributed by atoms with E-state index in [4.69, 9.17) is 0 Å². The topological polar surface area (TPSA) is 95.2 Å². The Morgan fingerprint density at radius 2 is 2.12 bits per heavy atom. The zero-order valence-electron chi connectivity index (χ0n) is 13.7. The number of aromatic amines is 1. The molecule has 0 unspecified atom stereocenters. The van der Waals surface area contributed by atoms with Gasteiger partial charge in [-0.1, -0.05) is 0 Å². The Balaban J connectivity index is 1.60. The molecule has 7 nitrogen and oxygen atoms in total. The van der Waals surface area contributed by atoms with Crippen LogP contribution in [0, 0.1) is 6.92 Å². The Kier molecular flexibility index (Phi) is 4.95. The molecule has 0 saturated heterocycles. The average Bonchev–Trinajstić information content (AvgIpc) is 3.21. The molecule has 3 heterocycles. The summed E-state index contributed by atoms with van der Waals surface area (Å²) in [5.74, 6) is -0.132. The molecule has 130 valence electrons. The third-order valence-electron chi connectivity index (χ3n) is 3.54. The van der Waals surface area contributed by atoms with E-state index in [0.29, 0.717) is 20.9 Å². The Morgan fingerprint density at radius 1 is 1.32 bits per heavy atom. The van der Waals surface area contributed by atoms with E-state index in [-0.39, 0.29) is 30.5 Å². The number of H-pyrrole nitrogens is 1. The number of hydrogen-bond acceptors (Lipinski definition) is 6. The molecule has 9 heteroatoms. The minimum Gasteiger partial charge on any atom is -0.342 e. The van der Waals surface area contributed by atoms with Crippen LogP contribution >= 0.6 is 22.7 Å². The number of nitrogens with zero attached hydrogens (tertiary/aromatic N) is 2. The number of fused-ring (bicyclic) bond motifs is 1. The van der Waals surface area contributed by atoms with Crippen molar-refractivity contribution in [1.82, 2.24) is 20.2 Å². The molecule has 3 aromatic rings. The van der Waals surface area contributed by atoms with E-state index < -0.39 is 0 Å². The third kappa shape index (κ3) is 3.94. The van der Waals surface area contributed by atoms with Crippen molar-refractivity contribution in [2.24, 2.45) is 0 Å². The van der Waals surface area contributed by atoms with Crippen molar-refractivity contribution in [2.75, 3.05) is 13.6 Å². The second-order valence-electron chi connectivity index (χ2n) is 5.49. The molecule has 25 heavy (non-hydrogen) atoms. The molecule has 0 atom stereocenters. The third-order valence-corrected chi connectivity index (χ3v) is 5.44. The lowest BCUT2D eigenvalue weighted by molar-refractivity contribution is -0.129. The van der Waals surface area contributed by atoms with Crippen LogP contribution in [0.4, 0.5) is 0 Å². The van der Waals surface area contributed by atoms with Crippen molar-refractivity contribution in [3.05, 3.63) is 49.5 Å². The van der Waals surface area contributed by atoms with Crippen LogP contribution in [0.5, 0.6) is 0 Å². The lowest BCUT2D eigenvalue weighted by Crippen LogP contribution is -2.38. The van der Waals surface area contributed by atoms with Gasteiger partial charge in [-0.25, -0.2) is 4.98 Å². The van der Waals surface area contributed by atoms with Gasteiger partial charge in [0.2, 0.25) is 5.91 Å². The van der Waals surface area contributed by atoms with Gasteiger partial charge in [0.1, 0.15) is 10.5 Å². The molecule has 0 aliphatic heterocycles. The first-order chi connectivity index (χ1) is 11.9. The maximum Gasteiger partial charge on any atom is 0.268 e. The zero-order chi connectivity index (χ0) is 18.0. The minimum absolute atomic E-state index is 0.114. The van der Waals surface area contributed by atoms with Gasteiger partial charge >= 0.3 is 0 Å². The van der Waals surface area contributed by atoms with Gasteiger partial charge in [-0.05, 0) is 30.5 Å². The smallest absolute Gasteiger partial charge is 0.268 e. The zero-order valence-corrected chi connectivity index (χ0v) is 15.3. The van der Waals surface area contributed by atoms with Crippen LogP contribution in [-0.4, -0.2) is 40.3 Å². The predicted molar refractivity (Wildman–Crippen MR) is 98.1 cm³/mol. The summed E-state index contributed by atoms with van der Waals surface area (Å²) in [4.78, 5) is 46.1. The molecule has 0 aliphatic carbocycles. The lowest BCUT2D eigenvalue weighted by Gasteiger charge is -2.16. The average molecular weight is 376 g/mol. The van der Waals surface area contributed by atoms with E-state index >= 15 is 0 Å². The van der Waals surface area contributed by atoms with Crippen LogP contribution in [0.2, 0.25) is 0 Å². The SMILES string of the molecule is Cc1ccc(C(=O)NCC(=O)N(C)Cc2nc3ccsc3c(=O)[nH]2)s1. The highest BCUT2D eigenvalue weighted by atomic mass is 32.1. The van der Waals surface area contributed by atoms with E-state index in [1.165, 1.54) is 27.6 Å². The maximum absolute atomic E-state index is 12.2. The number of amides is 2. The molecule has 0 saturated carbocycles. The van der Waals surface area contributed by atoms with Gasteiger partial charge in [0.05, 0.1) is 23.5 Å². The van der Waals surface area contributed by atoms with Gasteiger partial charge < -0.3 is 15.2 Å². The van der Waals surface area contributed by atoms with Crippen molar-refractivity contribution in [1.29, 1.82) is 0 Å². The Labute approximate surface area is 151 Å². The lowest BCUT2D eigenvalue weighted by atomic mass is 10.4. The maximum atomic E-state index is 12.2. The van der Waals surface area contributed by atoms with E-state index in [1.54, 1.807) is 24.6 Å². The summed E-state index contributed by atoms with van der Waals surface area (Å²) >= 11 is 2.70. The van der Waals surface area contributed by atoms with Gasteiger partial charge in [0, 0.05) is 11.9 Å². The number of likely N-dealkylation sites (N-methyl/N-ethyl adjacent to an activating group) is 1. The molecular formula is C16H16N4O3S2. The first-order valence-corrected chi connectivity index (χ1v) is 9.18. The van der Waals surface area contributed by atoms with Crippen LogP contribution in [0.15, 0.2) is 28.4 Å². The standard InChI is InChI=1S/C16H16N4O3S2/c1-9-3-4-11(25-9)15(22)17-7-13(21)20(2)8-12-18-10-5-6-24-14(10)16(23)19-12/h3-6H,7-8H2,1-2H3,(H,17,22)(H,18,19,23). The summed E-state index contributed by atoms with van der Waals surface area (Å²) in [6.45, 7) is 1.96. The summed E-state index contributed by atoms with van der Waals surface area (Å²) in [5, 5.41) is 4.40. The van der Waals surface area contributed by atoms with Crippen molar-refractivity contribution in [2.45, 2.75) is 13.5 Å². The molecule has 3 rings (SSSR count). The fraction of sp³-hybridized carbons (Fsp3) is 0.250. The molecule has 0 radical (unpaired) electrons. The summed E-state index contributed by atoms with van der Waals surface area (Å²) in [6.07, 6.45) is 0. The molecule has 0 fully saturated rings. The molecule has 2 N–H and O–H groups in total. The number of carbonyl (C=O) groups is 2. The van der Waals surface area contributed by atoms with E-state index in [2.05, 4.69) is 15.3 Å². The number of thiophene rings is 2. The van der Waals surface area contributed by atoms with E-state index in [9.17, 15) is 14.4 Å². The molecule has 0 spiro atoms. The highest BCUT2D eigenvalue weighted by Crippen LogP contribution is 2.15. The molecule has 0 aromatic carbocycles. The van der Waals surface area contributed by atoms with E-state index in [0.717, 1.165) is 4.88 Å². The summed E-state index contributed by atoms with van der Waals surface area (Å²) in [6, 6.07) is 5.36. The van der Waals surface area contributed by atoms with E-state index in [1.807, 2.05) is 13.0 Å². The quantitative estimate of drug-likeness (QED) is 0.709. The van der Waals surface area contributed by atoms with Crippen molar-refractivity contribution in [3.8, 4) is 0 Å². The number of carbonyl (C=O) groups excluding carboxylic acids is 2. The Hall–Kier alpha value is -2.52. The minimum atomic E-state index is -0.272. The van der Waals surface area contributed by atoms with Crippen molar-refractivity contribution >= 4 is 44.7 Å². The predicted octanol–water partition coefficient (Wildman–Crippen LogP) is 1.74. The fourth-order valence-electron chi connectivity index (χ4n) is 2.24. The van der Waals surface area contributed by atoms with Crippen LogP contribution in [-0.2, 0) is 11.3 Å². The molecule has 0 aliphatic rings. The molecule has 3 aromatic heterocycles. The monoisotopic (exact) mass is 376 g/mol. The number of rotatable bonds is 5. The normalized spacial score (nSPS) is 10.8. The van der Waals surface area contributed by atoms with Gasteiger partial charge in [0.25, 0.3) is 11.5 Å². The van der Waals surface area contributed by atoms with Crippen LogP contribution in [0.1, 0.15) is 20.4 Å². The summed E-state index contributed by atoms with van der Waals surface area (Å²) < 4.78 is 0.566. The highest BCUT2D eigenvalue weighted by Gasteiger charge is 2.14. The molecular weight excluding hydrogens is 360 g/mol. The van der Waals surface area contributed by atoms with Gasteiger partial charge in [-0.3, -0.25) is 14.4 Å². The molecule has 2 amide bonds. The first kappa shape index (κ1) is 17.3. The Morgan fingerprint density at radius 3 is 2.84 bits per heavy atom.